The molecule has 1 aromatic rings. The molecule has 0 saturated heterocycles. The normalized spacial score (nSPS) is 25.4. The molecule has 94 valence electrons. The number of fused-ring (bicyclic) bond motifs is 1. The Kier molecular flexibility index (Phi) is 3.82. The Hall–Kier alpha value is -0.900. The summed E-state index contributed by atoms with van der Waals surface area (Å²) in [6, 6.07) is 8.42. The van der Waals surface area contributed by atoms with Crippen LogP contribution >= 0.6 is 0 Å². The first-order valence-corrected chi connectivity index (χ1v) is 6.16. The van der Waals surface area contributed by atoms with Crippen molar-refractivity contribution in [2.24, 2.45) is 11.1 Å². The summed E-state index contributed by atoms with van der Waals surface area (Å²) in [6.07, 6.45) is 2.30. The van der Waals surface area contributed by atoms with Gasteiger partial charge >= 0.3 is 0 Å². The first-order chi connectivity index (χ1) is 8.22. The van der Waals surface area contributed by atoms with Crippen molar-refractivity contribution in [3.05, 3.63) is 35.4 Å². The molecule has 3 nitrogen and oxygen atoms in total. The Balaban J connectivity index is 2.23. The second kappa shape index (κ2) is 5.17. The van der Waals surface area contributed by atoms with E-state index >= 15 is 0 Å². The molecule has 0 spiro atoms. The van der Waals surface area contributed by atoms with Crippen LogP contribution in [0.15, 0.2) is 24.3 Å². The topological polar surface area (TPSA) is 55.5 Å². The second-order valence-electron chi connectivity index (χ2n) is 4.98. The number of methoxy groups -OCH3 is 1. The highest BCUT2D eigenvalue weighted by molar-refractivity contribution is 5.31. The Morgan fingerprint density at radius 3 is 2.76 bits per heavy atom. The zero-order chi connectivity index (χ0) is 12.3. The monoisotopic (exact) mass is 235 g/mol. The SMILES string of the molecule is COCC(O)C1(CN)CCc2ccccc2C1. The van der Waals surface area contributed by atoms with Crippen molar-refractivity contribution in [2.45, 2.75) is 25.4 Å². The lowest BCUT2D eigenvalue weighted by atomic mass is 9.68. The van der Waals surface area contributed by atoms with Crippen LogP contribution in [0.25, 0.3) is 0 Å². The third-order valence-electron chi connectivity index (χ3n) is 3.99. The van der Waals surface area contributed by atoms with Gasteiger partial charge in [0.25, 0.3) is 0 Å². The van der Waals surface area contributed by atoms with E-state index in [1.54, 1.807) is 7.11 Å². The first kappa shape index (κ1) is 12.6. The van der Waals surface area contributed by atoms with Gasteiger partial charge < -0.3 is 15.6 Å². The number of aryl methyl sites for hydroxylation is 1. The Bertz CT molecular complexity index is 380. The van der Waals surface area contributed by atoms with Gasteiger partial charge in [-0.2, -0.15) is 0 Å². The maximum Gasteiger partial charge on any atom is 0.0844 e. The summed E-state index contributed by atoms with van der Waals surface area (Å²) in [5.74, 6) is 0. The van der Waals surface area contributed by atoms with Crippen molar-refractivity contribution in [1.82, 2.24) is 0 Å². The standard InChI is InChI=1S/C14H21NO2/c1-17-9-13(16)14(10-15)7-6-11-4-2-3-5-12(11)8-14/h2-5,13,16H,6-10,15H2,1H3. The molecule has 2 rings (SSSR count). The van der Waals surface area contributed by atoms with E-state index in [4.69, 9.17) is 10.5 Å². The minimum absolute atomic E-state index is 0.218. The highest BCUT2D eigenvalue weighted by Gasteiger charge is 2.39. The van der Waals surface area contributed by atoms with E-state index in [-0.39, 0.29) is 5.41 Å². The van der Waals surface area contributed by atoms with Crippen molar-refractivity contribution in [2.75, 3.05) is 20.3 Å². The average Bonchev–Trinajstić information content (AvgIpc) is 2.38. The van der Waals surface area contributed by atoms with Crippen LogP contribution in [0.2, 0.25) is 0 Å². The van der Waals surface area contributed by atoms with E-state index < -0.39 is 6.10 Å². The van der Waals surface area contributed by atoms with E-state index in [1.807, 2.05) is 6.07 Å². The third-order valence-corrected chi connectivity index (χ3v) is 3.99. The highest BCUT2D eigenvalue weighted by Crippen LogP contribution is 2.37. The van der Waals surface area contributed by atoms with Crippen LogP contribution in [0.5, 0.6) is 0 Å². The molecule has 0 saturated carbocycles. The van der Waals surface area contributed by atoms with Gasteiger partial charge in [-0.1, -0.05) is 24.3 Å². The van der Waals surface area contributed by atoms with Gasteiger partial charge in [0, 0.05) is 19.1 Å². The largest absolute Gasteiger partial charge is 0.390 e. The van der Waals surface area contributed by atoms with Crippen LogP contribution in [-0.2, 0) is 17.6 Å². The molecule has 2 atom stereocenters. The summed E-state index contributed by atoms with van der Waals surface area (Å²) in [5.41, 5.74) is 8.40. The zero-order valence-corrected chi connectivity index (χ0v) is 10.4. The van der Waals surface area contributed by atoms with Crippen molar-refractivity contribution in [3.63, 3.8) is 0 Å². The fraction of sp³-hybridized carbons (Fsp3) is 0.571. The highest BCUT2D eigenvalue weighted by atomic mass is 16.5. The van der Waals surface area contributed by atoms with Gasteiger partial charge in [0.15, 0.2) is 0 Å². The number of hydrogen-bond donors (Lipinski definition) is 2. The van der Waals surface area contributed by atoms with E-state index in [1.165, 1.54) is 11.1 Å². The first-order valence-electron chi connectivity index (χ1n) is 6.16. The average molecular weight is 235 g/mol. The molecule has 0 bridgehead atoms. The molecule has 0 amide bonds. The van der Waals surface area contributed by atoms with Crippen molar-refractivity contribution >= 4 is 0 Å². The number of rotatable bonds is 4. The number of aliphatic hydroxyl groups is 1. The van der Waals surface area contributed by atoms with Gasteiger partial charge in [0.2, 0.25) is 0 Å². The van der Waals surface area contributed by atoms with E-state index in [2.05, 4.69) is 18.2 Å². The van der Waals surface area contributed by atoms with Crippen LogP contribution in [0.4, 0.5) is 0 Å². The molecule has 3 heteroatoms. The number of ether oxygens (including phenoxy) is 1. The second-order valence-corrected chi connectivity index (χ2v) is 4.98. The van der Waals surface area contributed by atoms with Gasteiger partial charge in [-0.15, -0.1) is 0 Å². The molecule has 0 fully saturated rings. The van der Waals surface area contributed by atoms with Crippen LogP contribution in [0.1, 0.15) is 17.5 Å². The smallest absolute Gasteiger partial charge is 0.0844 e. The number of aliphatic hydroxyl groups excluding tert-OH is 1. The maximum absolute atomic E-state index is 10.2. The molecule has 0 heterocycles. The molecule has 1 aliphatic rings. The molecular weight excluding hydrogens is 214 g/mol. The zero-order valence-electron chi connectivity index (χ0n) is 10.4. The minimum atomic E-state index is -0.481. The maximum atomic E-state index is 10.2. The lowest BCUT2D eigenvalue weighted by Gasteiger charge is -2.40. The molecule has 3 N–H and O–H groups in total. The van der Waals surface area contributed by atoms with Gasteiger partial charge in [-0.05, 0) is 30.4 Å². The predicted molar refractivity (Wildman–Crippen MR) is 67.8 cm³/mol. The van der Waals surface area contributed by atoms with Crippen LogP contribution in [-0.4, -0.2) is 31.5 Å². The van der Waals surface area contributed by atoms with E-state index in [9.17, 15) is 5.11 Å². The van der Waals surface area contributed by atoms with Crippen molar-refractivity contribution in [3.8, 4) is 0 Å². The molecule has 17 heavy (non-hydrogen) atoms. The quantitative estimate of drug-likeness (QED) is 0.822. The Morgan fingerprint density at radius 1 is 1.41 bits per heavy atom. The molecule has 0 aliphatic heterocycles. The van der Waals surface area contributed by atoms with Crippen LogP contribution in [0.3, 0.4) is 0 Å². The summed E-state index contributed by atoms with van der Waals surface area (Å²) in [7, 11) is 1.62. The van der Waals surface area contributed by atoms with E-state index in [0.29, 0.717) is 13.2 Å². The van der Waals surface area contributed by atoms with Gasteiger partial charge in [-0.3, -0.25) is 0 Å². The molecule has 1 aliphatic carbocycles. The fourth-order valence-corrected chi connectivity index (χ4v) is 2.75. The third kappa shape index (κ3) is 2.37. The fourth-order valence-electron chi connectivity index (χ4n) is 2.75. The minimum Gasteiger partial charge on any atom is -0.390 e. The molecule has 2 unspecified atom stereocenters. The number of hydrogen-bond acceptors (Lipinski definition) is 3. The molecule has 0 radical (unpaired) electrons. The summed E-state index contributed by atoms with van der Waals surface area (Å²) in [4.78, 5) is 0. The summed E-state index contributed by atoms with van der Waals surface area (Å²) in [5, 5.41) is 10.2. The lowest BCUT2D eigenvalue weighted by Crippen LogP contribution is -2.47. The van der Waals surface area contributed by atoms with Crippen LogP contribution < -0.4 is 5.73 Å². The summed E-state index contributed by atoms with van der Waals surface area (Å²) < 4.78 is 5.07. The van der Waals surface area contributed by atoms with Gasteiger partial charge in [0.1, 0.15) is 0 Å². The number of nitrogens with two attached hydrogens (primary N) is 1. The Labute approximate surface area is 103 Å². The summed E-state index contributed by atoms with van der Waals surface area (Å²) >= 11 is 0. The molecule has 0 aromatic heterocycles. The molecule has 1 aromatic carbocycles. The van der Waals surface area contributed by atoms with Gasteiger partial charge in [0.05, 0.1) is 12.7 Å². The van der Waals surface area contributed by atoms with E-state index in [0.717, 1.165) is 19.3 Å². The predicted octanol–water partition coefficient (Wildman–Crippen LogP) is 1.13. The molecular formula is C14H21NO2. The lowest BCUT2D eigenvalue weighted by molar-refractivity contribution is -0.0324. The Morgan fingerprint density at radius 2 is 2.12 bits per heavy atom. The van der Waals surface area contributed by atoms with Crippen LogP contribution in [0, 0.1) is 5.41 Å². The van der Waals surface area contributed by atoms with Crippen molar-refractivity contribution in [1.29, 1.82) is 0 Å². The summed E-state index contributed by atoms with van der Waals surface area (Å²) in [6.45, 7) is 0.866. The number of benzene rings is 1. The van der Waals surface area contributed by atoms with Crippen molar-refractivity contribution < 1.29 is 9.84 Å². The van der Waals surface area contributed by atoms with Gasteiger partial charge in [-0.25, -0.2) is 0 Å².